The lowest BCUT2D eigenvalue weighted by Gasteiger charge is -2.40. The quantitative estimate of drug-likeness (QED) is 0.135. The number of thiazole rings is 1. The maximum Gasteiger partial charge on any atom is 0.306 e. The second-order valence-corrected chi connectivity index (χ2v) is 16.2. The molecule has 1 aliphatic heterocycles. The van der Waals surface area contributed by atoms with Gasteiger partial charge in [0, 0.05) is 44.5 Å². The predicted molar refractivity (Wildman–Crippen MR) is 214 cm³/mol. The van der Waals surface area contributed by atoms with Crippen molar-refractivity contribution in [1.82, 2.24) is 25.4 Å². The monoisotopic (exact) mass is 801 g/mol. The molecule has 0 bridgehead atoms. The third-order valence-corrected chi connectivity index (χ3v) is 11.6. The van der Waals surface area contributed by atoms with E-state index >= 15 is 0 Å². The van der Waals surface area contributed by atoms with Gasteiger partial charge in [-0.3, -0.25) is 28.9 Å². The highest BCUT2D eigenvalue weighted by Crippen LogP contribution is 2.32. The molecule has 312 valence electrons. The van der Waals surface area contributed by atoms with Crippen LogP contribution in [0.4, 0.5) is 0 Å². The number of hydrogen-bond donors (Lipinski definition) is 3. The number of aromatic nitrogens is 1. The lowest BCUT2D eigenvalue weighted by atomic mass is 9.92. The molecule has 3 unspecified atom stereocenters. The number of rotatable bonds is 22. The van der Waals surface area contributed by atoms with Gasteiger partial charge in [0.1, 0.15) is 22.5 Å². The minimum absolute atomic E-state index is 0.102. The molecule has 3 rings (SSSR count). The Morgan fingerprint density at radius 1 is 1.04 bits per heavy atom. The molecular weight excluding hydrogens is 739 g/mol. The fraction of sp³-hybridized carbons (Fsp3) is 0.659. The Morgan fingerprint density at radius 2 is 1.73 bits per heavy atom. The van der Waals surface area contributed by atoms with Crippen molar-refractivity contribution in [2.24, 2.45) is 17.8 Å². The number of nitrogens with zero attached hydrogens (tertiary/aromatic N) is 3. The number of aliphatic carboxylic acids is 1. The average Bonchev–Trinajstić information content (AvgIpc) is 3.66. The molecule has 56 heavy (non-hydrogen) atoms. The summed E-state index contributed by atoms with van der Waals surface area (Å²) in [6.07, 6.45) is 3.25. The van der Waals surface area contributed by atoms with Crippen molar-refractivity contribution in [2.75, 3.05) is 41.0 Å². The molecule has 14 nitrogen and oxygen atoms in total. The number of likely N-dealkylation sites (tertiary alicyclic amines) is 1. The number of esters is 1. The molecule has 1 aromatic carbocycles. The summed E-state index contributed by atoms with van der Waals surface area (Å²) in [6, 6.07) is 5.29. The second-order valence-electron chi connectivity index (χ2n) is 15.3. The molecule has 0 spiro atoms. The van der Waals surface area contributed by atoms with Gasteiger partial charge in [0.25, 0.3) is 5.91 Å². The van der Waals surface area contributed by atoms with Gasteiger partial charge in [-0.2, -0.15) is 0 Å². The normalized spacial score (nSPS) is 17.9. The van der Waals surface area contributed by atoms with Crippen LogP contribution in [0.15, 0.2) is 29.6 Å². The summed E-state index contributed by atoms with van der Waals surface area (Å²) in [5, 5.41) is 17.7. The van der Waals surface area contributed by atoms with E-state index in [0.717, 1.165) is 31.4 Å². The third-order valence-electron chi connectivity index (χ3n) is 10.7. The number of nitrogens with one attached hydrogen (secondary N) is 2. The number of ether oxygens (including phenoxy) is 3. The van der Waals surface area contributed by atoms with Crippen molar-refractivity contribution >= 4 is 41.0 Å². The van der Waals surface area contributed by atoms with Gasteiger partial charge >= 0.3 is 11.9 Å². The first-order valence-corrected chi connectivity index (χ1v) is 20.6. The van der Waals surface area contributed by atoms with E-state index in [1.54, 1.807) is 31.4 Å². The Labute approximate surface area is 336 Å². The van der Waals surface area contributed by atoms with Crippen LogP contribution in [0.1, 0.15) is 107 Å². The molecule has 1 aromatic heterocycles. The van der Waals surface area contributed by atoms with Gasteiger partial charge in [-0.05, 0) is 68.8 Å². The summed E-state index contributed by atoms with van der Waals surface area (Å²) >= 11 is 1.17. The number of methoxy groups -OCH3 is 2. The van der Waals surface area contributed by atoms with E-state index < -0.39 is 48.0 Å². The van der Waals surface area contributed by atoms with Crippen molar-refractivity contribution in [3.8, 4) is 5.75 Å². The number of carbonyl (C=O) groups excluding carboxylic acids is 4. The number of likely N-dealkylation sites (N-methyl/N-ethyl adjacent to an activating group) is 1. The average molecular weight is 802 g/mol. The molecule has 7 atom stereocenters. The van der Waals surface area contributed by atoms with Crippen molar-refractivity contribution < 1.29 is 43.3 Å². The molecule has 0 radical (unpaired) electrons. The van der Waals surface area contributed by atoms with E-state index in [-0.39, 0.29) is 61.4 Å². The zero-order valence-corrected chi connectivity index (χ0v) is 35.4. The molecule has 3 amide bonds. The lowest BCUT2D eigenvalue weighted by Crippen LogP contribution is -2.59. The SMILES string of the molecule is CCC(C)C(NC(=O)C1CCCCN1C)C(=O)N(CCOC)[C@H](C[C@@H](OC(C)=O)c1nc(C(=O)N[C@@H](Cc2ccc(OC)cc2)C[C@H](C)C(=O)O)cs1)C(C)C. The molecule has 15 heteroatoms. The first-order valence-electron chi connectivity index (χ1n) is 19.7. The Bertz CT molecular complexity index is 1590. The number of hydrogen-bond acceptors (Lipinski definition) is 11. The molecule has 2 heterocycles. The minimum atomic E-state index is -0.966. The largest absolute Gasteiger partial charge is 0.497 e. The van der Waals surface area contributed by atoms with Crippen LogP contribution in [-0.2, 0) is 35.1 Å². The fourth-order valence-corrected chi connectivity index (χ4v) is 7.93. The molecular formula is C41H63N5O9S. The van der Waals surface area contributed by atoms with Gasteiger partial charge < -0.3 is 34.9 Å². The van der Waals surface area contributed by atoms with Crippen LogP contribution in [0.3, 0.4) is 0 Å². The zero-order valence-electron chi connectivity index (χ0n) is 34.5. The lowest BCUT2D eigenvalue weighted by molar-refractivity contribution is -0.150. The van der Waals surface area contributed by atoms with Crippen LogP contribution in [0.5, 0.6) is 5.75 Å². The van der Waals surface area contributed by atoms with Crippen molar-refractivity contribution in [1.29, 1.82) is 0 Å². The Hall–Kier alpha value is -4.08. The summed E-state index contributed by atoms with van der Waals surface area (Å²) < 4.78 is 16.5. The highest BCUT2D eigenvalue weighted by molar-refractivity contribution is 7.09. The topological polar surface area (TPSA) is 177 Å². The standard InChI is InChI=1S/C41H63N5O9S/c1-10-26(4)36(44-38(49)33-13-11-12-18-45(33)7)40(50)46(19-20-53-8)34(25(2)3)23-35(55-28(6)47)39-43-32(24-56-39)37(48)42-30(21-27(5)41(51)52)22-29-14-16-31(54-9)17-15-29/h14-17,24-27,30,33-36H,10-13,18-23H2,1-9H3,(H,42,48)(H,44,49)(H,51,52)/t26?,27-,30+,33?,34+,35+,36?/m0/s1. The molecule has 3 N–H and O–H groups in total. The molecule has 1 aliphatic rings. The van der Waals surface area contributed by atoms with Crippen molar-refractivity contribution in [2.45, 2.75) is 117 Å². The van der Waals surface area contributed by atoms with E-state index in [1.165, 1.54) is 18.3 Å². The summed E-state index contributed by atoms with van der Waals surface area (Å²) in [7, 11) is 5.07. The number of amides is 3. The fourth-order valence-electron chi connectivity index (χ4n) is 7.09. The van der Waals surface area contributed by atoms with E-state index in [0.29, 0.717) is 23.6 Å². The second kappa shape index (κ2) is 22.6. The van der Waals surface area contributed by atoms with Crippen LogP contribution in [-0.4, -0.2) is 115 Å². The van der Waals surface area contributed by atoms with Crippen LogP contribution < -0.4 is 15.4 Å². The number of carboxylic acid groups (broad SMARTS) is 1. The van der Waals surface area contributed by atoms with Crippen molar-refractivity contribution in [3.63, 3.8) is 0 Å². The number of carbonyl (C=O) groups is 5. The molecule has 1 saturated heterocycles. The molecule has 2 aromatic rings. The first kappa shape index (κ1) is 46.3. The third kappa shape index (κ3) is 13.5. The van der Waals surface area contributed by atoms with Gasteiger partial charge in [0.15, 0.2) is 6.10 Å². The van der Waals surface area contributed by atoms with Gasteiger partial charge in [-0.25, -0.2) is 4.98 Å². The molecule has 1 fully saturated rings. The Balaban J connectivity index is 1.90. The highest BCUT2D eigenvalue weighted by Gasteiger charge is 2.39. The van der Waals surface area contributed by atoms with Crippen LogP contribution in [0.25, 0.3) is 0 Å². The summed E-state index contributed by atoms with van der Waals surface area (Å²) in [6.45, 7) is 12.1. The summed E-state index contributed by atoms with van der Waals surface area (Å²) in [5.74, 6) is -2.69. The van der Waals surface area contributed by atoms with E-state index in [9.17, 15) is 29.1 Å². The van der Waals surface area contributed by atoms with Gasteiger partial charge in [0.05, 0.1) is 25.7 Å². The Morgan fingerprint density at radius 3 is 2.30 bits per heavy atom. The molecule has 0 saturated carbocycles. The maximum atomic E-state index is 14.6. The first-order chi connectivity index (χ1) is 26.6. The minimum Gasteiger partial charge on any atom is -0.497 e. The van der Waals surface area contributed by atoms with E-state index in [1.807, 2.05) is 63.9 Å². The van der Waals surface area contributed by atoms with Crippen LogP contribution in [0.2, 0.25) is 0 Å². The number of piperidine rings is 1. The summed E-state index contributed by atoms with van der Waals surface area (Å²) in [5.41, 5.74) is 0.997. The smallest absolute Gasteiger partial charge is 0.306 e. The number of carboxylic acids is 1. The predicted octanol–water partition coefficient (Wildman–Crippen LogP) is 5.11. The number of benzene rings is 1. The van der Waals surface area contributed by atoms with E-state index in [4.69, 9.17) is 14.2 Å². The molecule has 0 aliphatic carbocycles. The van der Waals surface area contributed by atoms with Crippen LogP contribution >= 0.6 is 11.3 Å². The van der Waals surface area contributed by atoms with Gasteiger partial charge in [0.2, 0.25) is 11.8 Å². The Kier molecular flexibility index (Phi) is 18.7. The van der Waals surface area contributed by atoms with E-state index in [2.05, 4.69) is 15.6 Å². The van der Waals surface area contributed by atoms with Gasteiger partial charge in [-0.15, -0.1) is 11.3 Å². The zero-order chi connectivity index (χ0) is 41.5. The maximum absolute atomic E-state index is 14.6. The van der Waals surface area contributed by atoms with Gasteiger partial charge in [-0.1, -0.05) is 59.6 Å². The van der Waals surface area contributed by atoms with Crippen LogP contribution in [0, 0.1) is 17.8 Å². The highest BCUT2D eigenvalue weighted by atomic mass is 32.1. The summed E-state index contributed by atoms with van der Waals surface area (Å²) in [4.78, 5) is 74.6. The van der Waals surface area contributed by atoms with Crippen molar-refractivity contribution in [3.05, 3.63) is 45.9 Å².